The van der Waals surface area contributed by atoms with Crippen LogP contribution in [0.4, 0.5) is 5.13 Å². The van der Waals surface area contributed by atoms with Gasteiger partial charge in [-0.25, -0.2) is 4.98 Å². The van der Waals surface area contributed by atoms with E-state index < -0.39 is 0 Å². The first kappa shape index (κ1) is 19.7. The van der Waals surface area contributed by atoms with Gasteiger partial charge in [0.1, 0.15) is 5.75 Å². The number of anilines is 1. The number of hydrogen-bond donors (Lipinski definition) is 1. The highest BCUT2D eigenvalue weighted by atomic mass is 35.5. The summed E-state index contributed by atoms with van der Waals surface area (Å²) in [5, 5.41) is 6.57. The Hall–Kier alpha value is -2.05. The van der Waals surface area contributed by atoms with Gasteiger partial charge in [0.05, 0.1) is 17.8 Å². The van der Waals surface area contributed by atoms with E-state index in [-0.39, 0.29) is 5.91 Å². The highest BCUT2D eigenvalue weighted by Crippen LogP contribution is 2.33. The van der Waals surface area contributed by atoms with Crippen LogP contribution in [0.1, 0.15) is 5.56 Å². The third-order valence-electron chi connectivity index (χ3n) is 3.53. The molecule has 3 rings (SSSR count). The minimum atomic E-state index is -0.329. The Labute approximate surface area is 175 Å². The fourth-order valence-electron chi connectivity index (χ4n) is 2.32. The molecule has 0 aliphatic rings. The van der Waals surface area contributed by atoms with Crippen LogP contribution in [-0.2, 0) is 4.79 Å². The number of amides is 1. The molecule has 1 amide bonds. The molecule has 1 N–H and O–H groups in total. The van der Waals surface area contributed by atoms with E-state index in [2.05, 4.69) is 10.3 Å². The van der Waals surface area contributed by atoms with Gasteiger partial charge in [0.25, 0.3) is 0 Å². The second-order valence-corrected chi connectivity index (χ2v) is 7.52. The Morgan fingerprint density at radius 3 is 2.59 bits per heavy atom. The van der Waals surface area contributed by atoms with Crippen LogP contribution < -0.4 is 10.1 Å². The lowest BCUT2D eigenvalue weighted by Gasteiger charge is -2.07. The predicted molar refractivity (Wildman–Crippen MR) is 113 cm³/mol. The van der Waals surface area contributed by atoms with E-state index in [9.17, 15) is 4.79 Å². The van der Waals surface area contributed by atoms with Crippen LogP contribution in [0.15, 0.2) is 47.9 Å². The summed E-state index contributed by atoms with van der Waals surface area (Å²) in [6.07, 6.45) is 2.95. The minimum absolute atomic E-state index is 0.329. The van der Waals surface area contributed by atoms with E-state index in [1.54, 1.807) is 30.3 Å². The largest absolute Gasteiger partial charge is 0.495 e. The zero-order valence-corrected chi connectivity index (χ0v) is 17.1. The van der Waals surface area contributed by atoms with E-state index in [0.29, 0.717) is 31.5 Å². The number of aromatic nitrogens is 1. The Balaban J connectivity index is 1.72. The maximum Gasteiger partial charge on any atom is 0.250 e. The van der Waals surface area contributed by atoms with Gasteiger partial charge >= 0.3 is 0 Å². The molecular formula is C19H13Cl3N2O2S. The van der Waals surface area contributed by atoms with Gasteiger partial charge in [-0.3, -0.25) is 10.1 Å². The molecule has 0 saturated carbocycles. The number of halogens is 3. The molecule has 0 unspecified atom stereocenters. The second-order valence-electron chi connectivity index (χ2n) is 5.38. The summed E-state index contributed by atoms with van der Waals surface area (Å²) in [4.78, 5) is 16.6. The summed E-state index contributed by atoms with van der Waals surface area (Å²) in [6.45, 7) is 0. The third kappa shape index (κ3) is 5.02. The molecule has 2 aromatic carbocycles. The van der Waals surface area contributed by atoms with Crippen LogP contribution in [0.5, 0.6) is 5.75 Å². The number of nitrogens with one attached hydrogen (secondary N) is 1. The smallest absolute Gasteiger partial charge is 0.250 e. The van der Waals surface area contributed by atoms with E-state index in [1.807, 2.05) is 17.5 Å². The molecule has 0 atom stereocenters. The Morgan fingerprint density at radius 1 is 1.15 bits per heavy atom. The van der Waals surface area contributed by atoms with Crippen molar-refractivity contribution in [2.45, 2.75) is 0 Å². The highest BCUT2D eigenvalue weighted by Gasteiger charge is 2.09. The molecule has 4 nitrogen and oxygen atoms in total. The maximum atomic E-state index is 12.2. The summed E-state index contributed by atoms with van der Waals surface area (Å²) in [5.41, 5.74) is 2.29. The minimum Gasteiger partial charge on any atom is -0.495 e. The topological polar surface area (TPSA) is 51.2 Å². The molecule has 0 fully saturated rings. The zero-order valence-electron chi connectivity index (χ0n) is 14.0. The monoisotopic (exact) mass is 438 g/mol. The number of thiazole rings is 1. The molecule has 27 heavy (non-hydrogen) atoms. The van der Waals surface area contributed by atoms with Crippen molar-refractivity contribution in [3.8, 4) is 17.0 Å². The van der Waals surface area contributed by atoms with E-state index >= 15 is 0 Å². The van der Waals surface area contributed by atoms with E-state index in [0.717, 1.165) is 11.3 Å². The molecule has 1 heterocycles. The average molecular weight is 440 g/mol. The molecule has 0 spiro atoms. The molecule has 0 radical (unpaired) electrons. The second kappa shape index (κ2) is 8.76. The van der Waals surface area contributed by atoms with Crippen molar-refractivity contribution >= 4 is 63.3 Å². The lowest BCUT2D eigenvalue weighted by molar-refractivity contribution is -0.111. The highest BCUT2D eigenvalue weighted by molar-refractivity contribution is 7.14. The third-order valence-corrected chi connectivity index (χ3v) is 5.04. The van der Waals surface area contributed by atoms with Gasteiger partial charge in [-0.05, 0) is 30.3 Å². The number of carbonyl (C=O) groups is 1. The molecule has 0 saturated heterocycles. The normalized spacial score (nSPS) is 11.0. The molecule has 0 bridgehead atoms. The van der Waals surface area contributed by atoms with Gasteiger partial charge in [0, 0.05) is 32.6 Å². The van der Waals surface area contributed by atoms with Crippen LogP contribution in [0.3, 0.4) is 0 Å². The lowest BCUT2D eigenvalue weighted by Crippen LogP contribution is -2.07. The van der Waals surface area contributed by atoms with Crippen molar-refractivity contribution in [1.29, 1.82) is 0 Å². The number of ether oxygens (including phenoxy) is 1. The van der Waals surface area contributed by atoms with Crippen LogP contribution in [0.2, 0.25) is 15.1 Å². The summed E-state index contributed by atoms with van der Waals surface area (Å²) < 4.78 is 5.25. The fourth-order valence-corrected chi connectivity index (χ4v) is 3.75. The van der Waals surface area contributed by atoms with Gasteiger partial charge in [0.2, 0.25) is 5.91 Å². The van der Waals surface area contributed by atoms with Crippen LogP contribution in [-0.4, -0.2) is 18.0 Å². The maximum absolute atomic E-state index is 12.2. The number of rotatable bonds is 5. The molecular weight excluding hydrogens is 427 g/mol. The lowest BCUT2D eigenvalue weighted by atomic mass is 10.2. The first-order valence-corrected chi connectivity index (χ1v) is 9.71. The van der Waals surface area contributed by atoms with E-state index in [4.69, 9.17) is 39.5 Å². The quantitative estimate of drug-likeness (QED) is 0.466. The van der Waals surface area contributed by atoms with Crippen LogP contribution in [0, 0.1) is 0 Å². The van der Waals surface area contributed by atoms with Gasteiger partial charge in [-0.15, -0.1) is 11.3 Å². The van der Waals surface area contributed by atoms with Crippen LogP contribution >= 0.6 is 46.1 Å². The average Bonchev–Trinajstić information content (AvgIpc) is 3.08. The standard InChI is InChI=1S/C19H13Cl3N2O2S/c1-26-18-12(8-14(21)9-15(18)22)4-7-17(25)24-19-23-16(10-27-19)11-2-5-13(20)6-3-11/h2-10H,1H3,(H,23,24,25). The summed E-state index contributed by atoms with van der Waals surface area (Å²) >= 11 is 19.3. The number of carbonyl (C=O) groups excluding carboxylic acids is 1. The van der Waals surface area contributed by atoms with Gasteiger partial charge in [-0.2, -0.15) is 0 Å². The molecule has 1 aromatic heterocycles. The van der Waals surface area contributed by atoms with Crippen molar-refractivity contribution in [2.24, 2.45) is 0 Å². The Bertz CT molecular complexity index is 1000. The Kier molecular flexibility index (Phi) is 6.39. The van der Waals surface area contributed by atoms with Gasteiger partial charge < -0.3 is 4.74 Å². The van der Waals surface area contributed by atoms with Crippen molar-refractivity contribution in [3.05, 3.63) is 68.5 Å². The van der Waals surface area contributed by atoms with Crippen molar-refractivity contribution in [3.63, 3.8) is 0 Å². The van der Waals surface area contributed by atoms with Crippen molar-refractivity contribution in [2.75, 3.05) is 12.4 Å². The number of nitrogens with zero attached hydrogens (tertiary/aromatic N) is 1. The number of hydrogen-bond acceptors (Lipinski definition) is 4. The summed E-state index contributed by atoms with van der Waals surface area (Å²) in [6, 6.07) is 10.6. The molecule has 0 aliphatic carbocycles. The number of methoxy groups -OCH3 is 1. The van der Waals surface area contributed by atoms with Gasteiger partial charge in [-0.1, -0.05) is 46.9 Å². The summed E-state index contributed by atoms with van der Waals surface area (Å²) in [7, 11) is 1.50. The molecule has 3 aromatic rings. The first-order chi connectivity index (χ1) is 13.0. The van der Waals surface area contributed by atoms with Crippen molar-refractivity contribution in [1.82, 2.24) is 4.98 Å². The zero-order chi connectivity index (χ0) is 19.4. The first-order valence-electron chi connectivity index (χ1n) is 7.70. The van der Waals surface area contributed by atoms with Gasteiger partial charge in [0.15, 0.2) is 5.13 Å². The molecule has 8 heteroatoms. The van der Waals surface area contributed by atoms with Crippen molar-refractivity contribution < 1.29 is 9.53 Å². The molecule has 0 aliphatic heterocycles. The molecule has 138 valence electrons. The van der Waals surface area contributed by atoms with E-state index in [1.165, 1.54) is 24.5 Å². The van der Waals surface area contributed by atoms with Crippen LogP contribution in [0.25, 0.3) is 17.3 Å². The number of benzene rings is 2. The fraction of sp³-hybridized carbons (Fsp3) is 0.0526. The SMILES string of the molecule is COc1c(Cl)cc(Cl)cc1C=CC(=O)Nc1nc(-c2ccc(Cl)cc2)cs1. The Morgan fingerprint density at radius 2 is 1.89 bits per heavy atom. The summed E-state index contributed by atoms with van der Waals surface area (Å²) in [5.74, 6) is 0.120. The predicted octanol–water partition coefficient (Wildman–Crippen LogP) is 6.43.